The van der Waals surface area contributed by atoms with Crippen molar-refractivity contribution in [3.63, 3.8) is 0 Å². The third kappa shape index (κ3) is 1.51. The summed E-state index contributed by atoms with van der Waals surface area (Å²) >= 11 is 5.71. The van der Waals surface area contributed by atoms with Crippen LogP contribution in [0.5, 0.6) is 5.88 Å². The summed E-state index contributed by atoms with van der Waals surface area (Å²) in [5.41, 5.74) is 0.608. The van der Waals surface area contributed by atoms with Crippen LogP contribution in [0, 0.1) is 0 Å². The SMILES string of the molecule is CNc1c(Cl)ncnc1OC. The summed E-state index contributed by atoms with van der Waals surface area (Å²) in [5, 5.41) is 3.19. The molecule has 1 aromatic rings. The van der Waals surface area contributed by atoms with Gasteiger partial charge in [0.25, 0.3) is 0 Å². The van der Waals surface area contributed by atoms with Crippen LogP contribution in [0.1, 0.15) is 0 Å². The molecule has 0 aliphatic heterocycles. The minimum atomic E-state index is 0.361. The molecule has 5 heteroatoms. The van der Waals surface area contributed by atoms with E-state index in [2.05, 4.69) is 15.3 Å². The average molecular weight is 174 g/mol. The van der Waals surface area contributed by atoms with E-state index in [1.807, 2.05) is 0 Å². The fourth-order valence-corrected chi connectivity index (χ4v) is 0.933. The van der Waals surface area contributed by atoms with Gasteiger partial charge in [0.1, 0.15) is 12.0 Å². The summed E-state index contributed by atoms with van der Waals surface area (Å²) in [6, 6.07) is 0. The van der Waals surface area contributed by atoms with Crippen LogP contribution in [0.3, 0.4) is 0 Å². The number of ether oxygens (including phenoxy) is 1. The first-order valence-corrected chi connectivity index (χ1v) is 3.39. The van der Waals surface area contributed by atoms with Gasteiger partial charge in [-0.2, -0.15) is 4.98 Å². The normalized spacial score (nSPS) is 9.36. The number of hydrogen-bond donors (Lipinski definition) is 1. The lowest BCUT2D eigenvalue weighted by atomic mass is 10.5. The van der Waals surface area contributed by atoms with Crippen LogP contribution in [-0.2, 0) is 0 Å². The van der Waals surface area contributed by atoms with E-state index in [0.717, 1.165) is 0 Å². The van der Waals surface area contributed by atoms with Gasteiger partial charge in [0.15, 0.2) is 5.15 Å². The van der Waals surface area contributed by atoms with Crippen molar-refractivity contribution in [3.8, 4) is 5.88 Å². The first kappa shape index (κ1) is 8.07. The highest BCUT2D eigenvalue weighted by Gasteiger charge is 2.06. The molecule has 0 aliphatic rings. The number of nitrogens with one attached hydrogen (secondary N) is 1. The van der Waals surface area contributed by atoms with Gasteiger partial charge >= 0.3 is 0 Å². The number of hydrogen-bond acceptors (Lipinski definition) is 4. The molecule has 1 N–H and O–H groups in total. The molecule has 1 aromatic heterocycles. The van der Waals surface area contributed by atoms with Crippen molar-refractivity contribution in [2.24, 2.45) is 0 Å². The lowest BCUT2D eigenvalue weighted by Gasteiger charge is -2.05. The highest BCUT2D eigenvalue weighted by molar-refractivity contribution is 6.32. The summed E-state index contributed by atoms with van der Waals surface area (Å²) in [6.07, 6.45) is 1.35. The molecule has 1 rings (SSSR count). The molecule has 0 saturated heterocycles. The smallest absolute Gasteiger partial charge is 0.241 e. The second-order valence-electron chi connectivity index (χ2n) is 1.80. The van der Waals surface area contributed by atoms with Crippen molar-refractivity contribution in [1.29, 1.82) is 0 Å². The summed E-state index contributed by atoms with van der Waals surface area (Å²) in [4.78, 5) is 7.62. The molecule has 0 fully saturated rings. The van der Waals surface area contributed by atoms with Crippen LogP contribution in [0.25, 0.3) is 0 Å². The second-order valence-corrected chi connectivity index (χ2v) is 2.16. The Balaban J connectivity index is 3.13. The van der Waals surface area contributed by atoms with Crippen molar-refractivity contribution < 1.29 is 4.74 Å². The molecule has 0 atom stereocenters. The van der Waals surface area contributed by atoms with Gasteiger partial charge in [-0.1, -0.05) is 11.6 Å². The molecule has 4 nitrogen and oxygen atoms in total. The van der Waals surface area contributed by atoms with Crippen LogP contribution in [0.15, 0.2) is 6.33 Å². The zero-order chi connectivity index (χ0) is 8.27. The van der Waals surface area contributed by atoms with E-state index in [-0.39, 0.29) is 0 Å². The van der Waals surface area contributed by atoms with E-state index >= 15 is 0 Å². The zero-order valence-electron chi connectivity index (χ0n) is 6.26. The maximum Gasteiger partial charge on any atom is 0.241 e. The van der Waals surface area contributed by atoms with E-state index in [0.29, 0.717) is 16.7 Å². The average Bonchev–Trinajstić information content (AvgIpc) is 2.04. The van der Waals surface area contributed by atoms with Gasteiger partial charge in [-0.15, -0.1) is 0 Å². The van der Waals surface area contributed by atoms with Gasteiger partial charge in [-0.05, 0) is 0 Å². The second kappa shape index (κ2) is 3.39. The summed E-state index contributed by atoms with van der Waals surface area (Å²) in [5.74, 6) is 0.451. The van der Waals surface area contributed by atoms with Gasteiger partial charge in [0.2, 0.25) is 5.88 Å². The Hall–Kier alpha value is -1.03. The molecule has 0 aliphatic carbocycles. The number of nitrogens with zero attached hydrogens (tertiary/aromatic N) is 2. The Labute approximate surface area is 69.6 Å². The van der Waals surface area contributed by atoms with Gasteiger partial charge in [-0.3, -0.25) is 0 Å². The Kier molecular flexibility index (Phi) is 2.48. The molecule has 0 aromatic carbocycles. The van der Waals surface area contributed by atoms with E-state index in [9.17, 15) is 0 Å². The molecular formula is C6H8ClN3O. The first-order chi connectivity index (χ1) is 5.29. The number of rotatable bonds is 2. The van der Waals surface area contributed by atoms with Crippen molar-refractivity contribution in [1.82, 2.24) is 9.97 Å². The lowest BCUT2D eigenvalue weighted by Crippen LogP contribution is -1.98. The van der Waals surface area contributed by atoms with Crippen LogP contribution in [0.2, 0.25) is 5.15 Å². The van der Waals surface area contributed by atoms with Gasteiger partial charge in [-0.25, -0.2) is 4.98 Å². The molecular weight excluding hydrogens is 166 g/mol. The van der Waals surface area contributed by atoms with E-state index < -0.39 is 0 Å². The van der Waals surface area contributed by atoms with E-state index in [4.69, 9.17) is 16.3 Å². The molecule has 0 spiro atoms. The van der Waals surface area contributed by atoms with Crippen LogP contribution in [-0.4, -0.2) is 24.1 Å². The molecule has 0 unspecified atom stereocenters. The maximum atomic E-state index is 5.71. The molecule has 0 radical (unpaired) electrons. The maximum absolute atomic E-state index is 5.71. The van der Waals surface area contributed by atoms with Gasteiger partial charge in [0.05, 0.1) is 7.11 Å². The van der Waals surface area contributed by atoms with Crippen LogP contribution >= 0.6 is 11.6 Å². The lowest BCUT2D eigenvalue weighted by molar-refractivity contribution is 0.399. The number of methoxy groups -OCH3 is 1. The molecule has 1 heterocycles. The Bertz CT molecular complexity index is 254. The highest BCUT2D eigenvalue weighted by atomic mass is 35.5. The predicted molar refractivity (Wildman–Crippen MR) is 43.1 cm³/mol. The predicted octanol–water partition coefficient (Wildman–Crippen LogP) is 1.18. The van der Waals surface area contributed by atoms with Crippen molar-refractivity contribution in [2.45, 2.75) is 0 Å². The largest absolute Gasteiger partial charge is 0.479 e. The third-order valence-electron chi connectivity index (χ3n) is 1.21. The number of anilines is 1. The minimum absolute atomic E-state index is 0.361. The molecule has 0 amide bonds. The van der Waals surface area contributed by atoms with E-state index in [1.165, 1.54) is 13.4 Å². The van der Waals surface area contributed by atoms with Gasteiger partial charge < -0.3 is 10.1 Å². The first-order valence-electron chi connectivity index (χ1n) is 3.01. The number of halogens is 1. The third-order valence-corrected chi connectivity index (χ3v) is 1.50. The van der Waals surface area contributed by atoms with Crippen molar-refractivity contribution in [2.75, 3.05) is 19.5 Å². The Morgan fingerprint density at radius 2 is 2.27 bits per heavy atom. The summed E-state index contributed by atoms with van der Waals surface area (Å²) in [6.45, 7) is 0. The highest BCUT2D eigenvalue weighted by Crippen LogP contribution is 2.26. The van der Waals surface area contributed by atoms with E-state index in [1.54, 1.807) is 7.05 Å². The summed E-state index contributed by atoms with van der Waals surface area (Å²) in [7, 11) is 3.26. The van der Waals surface area contributed by atoms with Crippen molar-refractivity contribution >= 4 is 17.3 Å². The molecule has 11 heavy (non-hydrogen) atoms. The number of aromatic nitrogens is 2. The molecule has 0 saturated carbocycles. The monoisotopic (exact) mass is 173 g/mol. The Morgan fingerprint density at radius 3 is 2.73 bits per heavy atom. The minimum Gasteiger partial charge on any atom is -0.479 e. The van der Waals surface area contributed by atoms with Crippen LogP contribution in [0.4, 0.5) is 5.69 Å². The van der Waals surface area contributed by atoms with Crippen LogP contribution < -0.4 is 10.1 Å². The van der Waals surface area contributed by atoms with Crippen molar-refractivity contribution in [3.05, 3.63) is 11.5 Å². The fraction of sp³-hybridized carbons (Fsp3) is 0.333. The van der Waals surface area contributed by atoms with Gasteiger partial charge in [0, 0.05) is 7.05 Å². The molecule has 60 valence electrons. The zero-order valence-corrected chi connectivity index (χ0v) is 7.01. The quantitative estimate of drug-likeness (QED) is 0.683. The topological polar surface area (TPSA) is 47.0 Å². The summed E-state index contributed by atoms with van der Waals surface area (Å²) < 4.78 is 4.92. The Morgan fingerprint density at radius 1 is 1.55 bits per heavy atom. The standard InChI is InChI=1S/C6H8ClN3O/c1-8-4-5(7)9-3-10-6(4)11-2/h3,8H,1-2H3. The fourth-order valence-electron chi connectivity index (χ4n) is 0.714. The molecule has 0 bridgehead atoms.